The summed E-state index contributed by atoms with van der Waals surface area (Å²) in [6, 6.07) is 1.60. The molecule has 190 valence electrons. The number of carbonyl (C=O) groups excluding carboxylic acids is 3. The van der Waals surface area contributed by atoms with Crippen molar-refractivity contribution in [3.8, 4) is 11.1 Å². The largest absolute Gasteiger partial charge is 0.416 e. The standard InChI is InChI=1S/C23H19F5N4O4/c1-2-13-18-22(19(33)30-21(35)31-20(22)34)7-11-6-12(10-4-3-5-29-8-10)15(24)16(25)17(11)32(18)9-14(36-13)23(26,27)28/h3-6,8,13-14,18H,2,7,9H2,1H3,(H2,30,31,33,34,35)/t13-,14-,18+/m0/s1. The molecule has 13 heteroatoms. The molecule has 1 aromatic heterocycles. The number of ether oxygens (including phenoxy) is 1. The number of benzene rings is 1. The van der Waals surface area contributed by atoms with Crippen LogP contribution in [0.2, 0.25) is 0 Å². The minimum absolute atomic E-state index is 0.0682. The zero-order chi connectivity index (χ0) is 26.0. The van der Waals surface area contributed by atoms with E-state index in [9.17, 15) is 27.6 Å². The van der Waals surface area contributed by atoms with Gasteiger partial charge in [0.15, 0.2) is 23.2 Å². The van der Waals surface area contributed by atoms with Gasteiger partial charge in [0, 0.05) is 29.9 Å². The van der Waals surface area contributed by atoms with Crippen molar-refractivity contribution in [2.75, 3.05) is 11.4 Å². The van der Waals surface area contributed by atoms with Crippen molar-refractivity contribution in [2.45, 2.75) is 44.2 Å². The van der Waals surface area contributed by atoms with Crippen LogP contribution in [0.1, 0.15) is 18.9 Å². The number of urea groups is 1. The van der Waals surface area contributed by atoms with E-state index >= 15 is 8.78 Å². The monoisotopic (exact) mass is 510 g/mol. The Labute approximate surface area is 200 Å². The highest BCUT2D eigenvalue weighted by Crippen LogP contribution is 2.50. The van der Waals surface area contributed by atoms with Gasteiger partial charge in [0.25, 0.3) is 0 Å². The lowest BCUT2D eigenvalue weighted by molar-refractivity contribution is -0.245. The highest BCUT2D eigenvalue weighted by molar-refractivity contribution is 6.20. The first-order valence-electron chi connectivity index (χ1n) is 11.1. The minimum Gasteiger partial charge on any atom is -0.361 e. The summed E-state index contributed by atoms with van der Waals surface area (Å²) < 4.78 is 77.5. The Morgan fingerprint density at radius 1 is 1.17 bits per heavy atom. The lowest BCUT2D eigenvalue weighted by Gasteiger charge is -2.56. The van der Waals surface area contributed by atoms with Gasteiger partial charge in [-0.2, -0.15) is 13.2 Å². The van der Waals surface area contributed by atoms with Crippen LogP contribution in [-0.2, 0) is 20.7 Å². The number of nitrogens with zero attached hydrogens (tertiary/aromatic N) is 2. The highest BCUT2D eigenvalue weighted by atomic mass is 19.4. The van der Waals surface area contributed by atoms with Crippen LogP contribution in [0.25, 0.3) is 11.1 Å². The molecule has 2 fully saturated rings. The van der Waals surface area contributed by atoms with Crippen LogP contribution < -0.4 is 15.5 Å². The third-order valence-corrected chi connectivity index (χ3v) is 6.92. The van der Waals surface area contributed by atoms with Gasteiger partial charge in [-0.1, -0.05) is 13.0 Å². The average molecular weight is 510 g/mol. The number of hydrogen-bond acceptors (Lipinski definition) is 6. The normalized spacial score (nSPS) is 25.2. The Morgan fingerprint density at radius 3 is 2.44 bits per heavy atom. The molecule has 1 aromatic carbocycles. The number of anilines is 1. The average Bonchev–Trinajstić information content (AvgIpc) is 2.83. The lowest BCUT2D eigenvalue weighted by atomic mass is 9.66. The molecule has 0 saturated carbocycles. The van der Waals surface area contributed by atoms with Crippen LogP contribution in [0, 0.1) is 17.0 Å². The van der Waals surface area contributed by atoms with Gasteiger partial charge in [-0.05, 0) is 24.1 Å². The Kier molecular flexibility index (Phi) is 5.50. The number of carbonyl (C=O) groups is 3. The quantitative estimate of drug-likeness (QED) is 0.476. The summed E-state index contributed by atoms with van der Waals surface area (Å²) in [5, 5.41) is 4.00. The summed E-state index contributed by atoms with van der Waals surface area (Å²) in [5.41, 5.74) is -2.75. The second-order valence-electron chi connectivity index (χ2n) is 8.90. The summed E-state index contributed by atoms with van der Waals surface area (Å²) in [6.45, 7) is 0.494. The predicted molar refractivity (Wildman–Crippen MR) is 114 cm³/mol. The zero-order valence-electron chi connectivity index (χ0n) is 18.7. The Morgan fingerprint density at radius 2 is 1.86 bits per heavy atom. The lowest BCUT2D eigenvalue weighted by Crippen LogP contribution is -2.76. The second kappa shape index (κ2) is 8.22. The fourth-order valence-corrected chi connectivity index (χ4v) is 5.38. The molecule has 1 spiro atoms. The topological polar surface area (TPSA) is 101 Å². The first-order chi connectivity index (χ1) is 17.0. The maximum Gasteiger partial charge on any atom is 0.416 e. The van der Waals surface area contributed by atoms with Gasteiger partial charge < -0.3 is 9.64 Å². The van der Waals surface area contributed by atoms with Gasteiger partial charge in [-0.15, -0.1) is 0 Å². The van der Waals surface area contributed by atoms with Crippen molar-refractivity contribution >= 4 is 23.5 Å². The van der Waals surface area contributed by atoms with Crippen LogP contribution in [-0.4, -0.2) is 53.8 Å². The van der Waals surface area contributed by atoms with Crippen molar-refractivity contribution < 1.29 is 41.1 Å². The Hall–Kier alpha value is -3.61. The van der Waals surface area contributed by atoms with Gasteiger partial charge >= 0.3 is 12.2 Å². The number of halogens is 5. The maximum absolute atomic E-state index is 15.7. The molecule has 2 saturated heterocycles. The van der Waals surface area contributed by atoms with Crippen molar-refractivity contribution in [2.24, 2.45) is 5.41 Å². The molecule has 2 N–H and O–H groups in total. The van der Waals surface area contributed by atoms with E-state index in [1.54, 1.807) is 0 Å². The fourth-order valence-electron chi connectivity index (χ4n) is 5.38. The molecule has 0 aliphatic carbocycles. The van der Waals surface area contributed by atoms with Crippen molar-refractivity contribution in [1.82, 2.24) is 15.6 Å². The zero-order valence-corrected chi connectivity index (χ0v) is 18.7. The van der Waals surface area contributed by atoms with Gasteiger partial charge in [-0.3, -0.25) is 25.2 Å². The minimum atomic E-state index is -4.86. The van der Waals surface area contributed by atoms with Crippen LogP contribution in [0.15, 0.2) is 30.6 Å². The predicted octanol–water partition coefficient (Wildman–Crippen LogP) is 2.85. The molecule has 36 heavy (non-hydrogen) atoms. The van der Waals surface area contributed by atoms with Gasteiger partial charge in [-0.25, -0.2) is 13.6 Å². The van der Waals surface area contributed by atoms with E-state index < -0.39 is 78.0 Å². The number of barbiturate groups is 1. The fraction of sp³-hybridized carbons (Fsp3) is 0.391. The molecule has 8 nitrogen and oxygen atoms in total. The van der Waals surface area contributed by atoms with Gasteiger partial charge in [0.1, 0.15) is 0 Å². The number of fused-ring (bicyclic) bond motifs is 4. The summed E-state index contributed by atoms with van der Waals surface area (Å²) in [6.07, 6.45) is -6.53. The molecule has 3 aliphatic heterocycles. The molecule has 4 heterocycles. The Bertz CT molecular complexity index is 1250. The first kappa shape index (κ1) is 24.1. The Balaban J connectivity index is 1.77. The van der Waals surface area contributed by atoms with Gasteiger partial charge in [0.05, 0.1) is 24.4 Å². The van der Waals surface area contributed by atoms with Gasteiger partial charge in [0.2, 0.25) is 11.8 Å². The van der Waals surface area contributed by atoms with E-state index in [2.05, 4.69) is 4.98 Å². The number of hydrogen-bond donors (Lipinski definition) is 2. The summed E-state index contributed by atoms with van der Waals surface area (Å²) in [5.74, 6) is -4.85. The molecule has 3 aliphatic rings. The number of aromatic nitrogens is 1. The third kappa shape index (κ3) is 3.44. The SMILES string of the molecule is CC[C@@H]1O[C@H](C(F)(F)F)CN2c3c(cc(-c4cccnc4)c(F)c3F)CC3(C(=O)NC(=O)NC3=O)[C@@H]12. The number of pyridine rings is 1. The number of morpholine rings is 1. The number of rotatable bonds is 2. The van der Waals surface area contributed by atoms with Crippen LogP contribution >= 0.6 is 0 Å². The summed E-state index contributed by atoms with van der Waals surface area (Å²) >= 11 is 0. The number of nitrogens with one attached hydrogen (secondary N) is 2. The molecular formula is C23H19F5N4O4. The smallest absolute Gasteiger partial charge is 0.361 e. The van der Waals surface area contributed by atoms with E-state index in [4.69, 9.17) is 4.74 Å². The number of alkyl halides is 3. The van der Waals surface area contributed by atoms with E-state index in [1.165, 1.54) is 37.5 Å². The van der Waals surface area contributed by atoms with Crippen LogP contribution in [0.4, 0.5) is 32.4 Å². The van der Waals surface area contributed by atoms with E-state index in [1.807, 2.05) is 10.6 Å². The molecular weight excluding hydrogens is 491 g/mol. The van der Waals surface area contributed by atoms with Crippen LogP contribution in [0.5, 0.6) is 0 Å². The molecule has 3 atom stereocenters. The second-order valence-corrected chi connectivity index (χ2v) is 8.90. The molecule has 2 aromatic rings. The molecule has 5 rings (SSSR count). The van der Waals surface area contributed by atoms with Crippen molar-refractivity contribution in [1.29, 1.82) is 0 Å². The summed E-state index contributed by atoms with van der Waals surface area (Å²) in [7, 11) is 0. The molecule has 0 bridgehead atoms. The van der Waals surface area contributed by atoms with Crippen LogP contribution in [0.3, 0.4) is 0 Å². The molecule has 0 radical (unpaired) electrons. The van der Waals surface area contributed by atoms with Crippen molar-refractivity contribution in [3.63, 3.8) is 0 Å². The molecule has 4 amide bonds. The summed E-state index contributed by atoms with van der Waals surface area (Å²) in [4.78, 5) is 43.0. The number of imide groups is 2. The number of amides is 4. The van der Waals surface area contributed by atoms with E-state index in [0.717, 1.165) is 4.90 Å². The first-order valence-corrected chi connectivity index (χ1v) is 11.1. The third-order valence-electron chi connectivity index (χ3n) is 6.92. The van der Waals surface area contributed by atoms with Crippen molar-refractivity contribution in [3.05, 3.63) is 47.8 Å². The highest BCUT2D eigenvalue weighted by Gasteiger charge is 2.65. The van der Waals surface area contributed by atoms with E-state index in [0.29, 0.717) is 0 Å². The maximum atomic E-state index is 15.7. The van der Waals surface area contributed by atoms with E-state index in [-0.39, 0.29) is 23.1 Å². The molecule has 0 unspecified atom stereocenters.